The van der Waals surface area contributed by atoms with Crippen molar-refractivity contribution in [1.29, 1.82) is 0 Å². The quantitative estimate of drug-likeness (QED) is 0.620. The summed E-state index contributed by atoms with van der Waals surface area (Å²) in [5.74, 6) is -0.714. The second-order valence-electron chi connectivity index (χ2n) is 10.0. The lowest BCUT2D eigenvalue weighted by Crippen LogP contribution is -2.56. The van der Waals surface area contributed by atoms with Crippen LogP contribution in [0.15, 0.2) is 40.9 Å². The minimum atomic E-state index is -0.583. The zero-order chi connectivity index (χ0) is 25.2. The van der Waals surface area contributed by atoms with Gasteiger partial charge in [0.2, 0.25) is 5.91 Å². The maximum absolute atomic E-state index is 12.4. The Balaban J connectivity index is 1.13. The van der Waals surface area contributed by atoms with Gasteiger partial charge in [0.15, 0.2) is 17.2 Å². The monoisotopic (exact) mass is 482 g/mol. The normalized spacial score (nSPS) is 19.8. The standard InChI is InChI=1S/C25H30N4O6/c1-25(2,3)34-24(33)29-13-17(14-29)20(30)12-26-22(31)16-9-18(10-16)27-23(32)19-11-21(35-28-19)15-7-5-4-6-8-15/h4-8,11,16-18H,9-10,12-14H2,1-3H3,(H,26,31)(H,27,32). The number of benzene rings is 1. The SMILES string of the molecule is CC(C)(C)OC(=O)N1CC(C(=O)CNC(=O)C2CC(NC(=O)c3cc(-c4ccccc4)on3)C2)C1. The van der Waals surface area contributed by atoms with Crippen LogP contribution < -0.4 is 10.6 Å². The minimum Gasteiger partial charge on any atom is -0.444 e. The largest absolute Gasteiger partial charge is 0.444 e. The van der Waals surface area contributed by atoms with Crippen LogP contribution in [0.3, 0.4) is 0 Å². The van der Waals surface area contributed by atoms with Crippen LogP contribution >= 0.6 is 0 Å². The molecule has 35 heavy (non-hydrogen) atoms. The number of nitrogens with zero attached hydrogens (tertiary/aromatic N) is 2. The molecule has 1 aromatic carbocycles. The lowest BCUT2D eigenvalue weighted by Gasteiger charge is -2.39. The number of hydrogen-bond acceptors (Lipinski definition) is 7. The maximum atomic E-state index is 12.4. The van der Waals surface area contributed by atoms with E-state index in [0.717, 1.165) is 5.56 Å². The lowest BCUT2D eigenvalue weighted by atomic mass is 9.79. The smallest absolute Gasteiger partial charge is 0.410 e. The highest BCUT2D eigenvalue weighted by atomic mass is 16.6. The van der Waals surface area contributed by atoms with Gasteiger partial charge in [-0.15, -0.1) is 0 Å². The Labute approximate surface area is 203 Å². The molecule has 10 heteroatoms. The van der Waals surface area contributed by atoms with Crippen molar-refractivity contribution in [1.82, 2.24) is 20.7 Å². The van der Waals surface area contributed by atoms with Crippen LogP contribution in [-0.4, -0.2) is 65.0 Å². The summed E-state index contributed by atoms with van der Waals surface area (Å²) in [6.07, 6.45) is 0.547. The second kappa shape index (κ2) is 9.89. The van der Waals surface area contributed by atoms with Gasteiger partial charge in [0.1, 0.15) is 5.60 Å². The molecule has 0 spiro atoms. The van der Waals surface area contributed by atoms with Gasteiger partial charge in [-0.3, -0.25) is 14.4 Å². The van der Waals surface area contributed by atoms with E-state index in [-0.39, 0.29) is 47.7 Å². The predicted molar refractivity (Wildman–Crippen MR) is 125 cm³/mol. The summed E-state index contributed by atoms with van der Waals surface area (Å²) in [6, 6.07) is 10.8. The number of amides is 3. The molecule has 2 N–H and O–H groups in total. The van der Waals surface area contributed by atoms with E-state index in [1.54, 1.807) is 26.8 Å². The van der Waals surface area contributed by atoms with Crippen LogP contribution in [0.1, 0.15) is 44.1 Å². The average molecular weight is 483 g/mol. The number of nitrogens with one attached hydrogen (secondary N) is 2. The molecule has 2 fully saturated rings. The molecule has 1 aliphatic carbocycles. The molecule has 2 heterocycles. The van der Waals surface area contributed by atoms with Gasteiger partial charge >= 0.3 is 6.09 Å². The fourth-order valence-corrected chi connectivity index (χ4v) is 3.95. The highest BCUT2D eigenvalue weighted by Gasteiger charge is 2.39. The van der Waals surface area contributed by atoms with Crippen molar-refractivity contribution in [3.8, 4) is 11.3 Å². The molecule has 0 bridgehead atoms. The van der Waals surface area contributed by atoms with Crippen molar-refractivity contribution in [2.24, 2.45) is 11.8 Å². The van der Waals surface area contributed by atoms with Crippen LogP contribution in [0, 0.1) is 11.8 Å². The van der Waals surface area contributed by atoms with Crippen molar-refractivity contribution in [2.45, 2.75) is 45.3 Å². The van der Waals surface area contributed by atoms with E-state index in [9.17, 15) is 19.2 Å². The molecule has 1 saturated heterocycles. The topological polar surface area (TPSA) is 131 Å². The van der Waals surface area contributed by atoms with Crippen LogP contribution in [0.2, 0.25) is 0 Å². The van der Waals surface area contributed by atoms with E-state index < -0.39 is 11.7 Å². The predicted octanol–water partition coefficient (Wildman–Crippen LogP) is 2.40. The number of likely N-dealkylation sites (tertiary alicyclic amines) is 1. The first-order chi connectivity index (χ1) is 16.6. The first-order valence-corrected chi connectivity index (χ1v) is 11.7. The molecule has 4 rings (SSSR count). The second-order valence-corrected chi connectivity index (χ2v) is 10.0. The number of ketones is 1. The van der Waals surface area contributed by atoms with Gasteiger partial charge in [-0.25, -0.2) is 4.79 Å². The van der Waals surface area contributed by atoms with E-state index >= 15 is 0 Å². The molecule has 0 unspecified atom stereocenters. The molecule has 2 aromatic rings. The van der Waals surface area contributed by atoms with Crippen molar-refractivity contribution >= 4 is 23.7 Å². The maximum Gasteiger partial charge on any atom is 0.410 e. The van der Waals surface area contributed by atoms with E-state index in [1.165, 1.54) is 4.90 Å². The lowest BCUT2D eigenvalue weighted by molar-refractivity contribution is -0.133. The Morgan fingerprint density at radius 2 is 1.77 bits per heavy atom. The molecule has 0 atom stereocenters. The van der Waals surface area contributed by atoms with E-state index in [0.29, 0.717) is 31.7 Å². The Kier molecular flexibility index (Phi) is 6.90. The number of aromatic nitrogens is 1. The summed E-state index contributed by atoms with van der Waals surface area (Å²) in [5.41, 5.74) is 0.428. The Hall–Kier alpha value is -3.69. The highest BCUT2D eigenvalue weighted by Crippen LogP contribution is 2.28. The summed E-state index contributed by atoms with van der Waals surface area (Å²) in [5, 5.41) is 9.37. The third-order valence-corrected chi connectivity index (χ3v) is 6.07. The Bertz CT molecular complexity index is 1090. The summed E-state index contributed by atoms with van der Waals surface area (Å²) in [6.45, 7) is 5.89. The van der Waals surface area contributed by atoms with Gasteiger partial charge in [0.25, 0.3) is 5.91 Å². The van der Waals surface area contributed by atoms with Gasteiger partial charge in [-0.2, -0.15) is 0 Å². The molecule has 3 amide bonds. The Morgan fingerprint density at radius 1 is 1.09 bits per heavy atom. The zero-order valence-electron chi connectivity index (χ0n) is 20.1. The van der Waals surface area contributed by atoms with Crippen molar-refractivity contribution in [3.63, 3.8) is 0 Å². The molecule has 1 aromatic heterocycles. The number of hydrogen-bond donors (Lipinski definition) is 2. The molecule has 1 saturated carbocycles. The molecule has 1 aliphatic heterocycles. The van der Waals surface area contributed by atoms with Crippen LogP contribution in [0.5, 0.6) is 0 Å². The van der Waals surface area contributed by atoms with Crippen LogP contribution in [0.4, 0.5) is 4.79 Å². The highest BCUT2D eigenvalue weighted by molar-refractivity contribution is 5.94. The van der Waals surface area contributed by atoms with E-state index in [1.807, 2.05) is 30.3 Å². The van der Waals surface area contributed by atoms with Crippen LogP contribution in [-0.2, 0) is 14.3 Å². The van der Waals surface area contributed by atoms with Crippen LogP contribution in [0.25, 0.3) is 11.3 Å². The summed E-state index contributed by atoms with van der Waals surface area (Å²) < 4.78 is 10.5. The summed E-state index contributed by atoms with van der Waals surface area (Å²) >= 11 is 0. The first kappa shape index (κ1) is 24.4. The van der Waals surface area contributed by atoms with Gasteiger partial charge < -0.3 is 24.8 Å². The first-order valence-electron chi connectivity index (χ1n) is 11.7. The molecule has 0 radical (unpaired) electrons. The average Bonchev–Trinajstić information content (AvgIpc) is 3.23. The Morgan fingerprint density at radius 3 is 2.43 bits per heavy atom. The zero-order valence-corrected chi connectivity index (χ0v) is 20.1. The summed E-state index contributed by atoms with van der Waals surface area (Å²) in [7, 11) is 0. The molecule has 10 nitrogen and oxygen atoms in total. The van der Waals surface area contributed by atoms with Gasteiger partial charge in [0, 0.05) is 36.7 Å². The summed E-state index contributed by atoms with van der Waals surface area (Å²) in [4.78, 5) is 50.5. The minimum absolute atomic E-state index is 0.0691. The van der Waals surface area contributed by atoms with Crippen molar-refractivity contribution in [3.05, 3.63) is 42.1 Å². The molecule has 2 aliphatic rings. The fraction of sp³-hybridized carbons (Fsp3) is 0.480. The number of carbonyl (C=O) groups is 4. The van der Waals surface area contributed by atoms with Gasteiger partial charge in [0.05, 0.1) is 12.5 Å². The number of rotatable bonds is 7. The van der Waals surface area contributed by atoms with E-state index in [4.69, 9.17) is 9.26 Å². The van der Waals surface area contributed by atoms with E-state index in [2.05, 4.69) is 15.8 Å². The number of carbonyl (C=O) groups excluding carboxylic acids is 4. The molecular weight excluding hydrogens is 452 g/mol. The third kappa shape index (κ3) is 6.06. The molecular formula is C25H30N4O6. The molecule has 186 valence electrons. The number of ether oxygens (including phenoxy) is 1. The van der Waals surface area contributed by atoms with Crippen molar-refractivity contribution in [2.75, 3.05) is 19.6 Å². The fourth-order valence-electron chi connectivity index (χ4n) is 3.95. The van der Waals surface area contributed by atoms with Gasteiger partial charge in [-0.1, -0.05) is 35.5 Å². The van der Waals surface area contributed by atoms with Crippen molar-refractivity contribution < 1.29 is 28.4 Å². The number of Topliss-reactive ketones (excluding diaryl/α,β-unsaturated/α-hetero) is 1. The van der Waals surface area contributed by atoms with Gasteiger partial charge in [-0.05, 0) is 33.6 Å². The third-order valence-electron chi connectivity index (χ3n) is 6.07.